The van der Waals surface area contributed by atoms with Gasteiger partial charge in [-0.15, -0.1) is 0 Å². The summed E-state index contributed by atoms with van der Waals surface area (Å²) in [5, 5.41) is 3.46. The molecular formula is C6H12N4O. The lowest BCUT2D eigenvalue weighted by molar-refractivity contribution is -0.0137. The highest BCUT2D eigenvalue weighted by atomic mass is 16.5. The Labute approximate surface area is 65.6 Å². The van der Waals surface area contributed by atoms with Gasteiger partial charge in [0, 0.05) is 18.0 Å². The highest BCUT2D eigenvalue weighted by Crippen LogP contribution is 2.02. The molecule has 1 aliphatic rings. The van der Waals surface area contributed by atoms with E-state index in [2.05, 4.69) is 14.9 Å². The molecule has 5 heteroatoms. The summed E-state index contributed by atoms with van der Waals surface area (Å²) in [6.07, 6.45) is 0.0876. The van der Waals surface area contributed by atoms with Crippen molar-refractivity contribution in [2.45, 2.75) is 6.10 Å². The Bertz CT molecular complexity index is 166. The summed E-state index contributed by atoms with van der Waals surface area (Å²) < 4.78 is 5.34. The van der Waals surface area contributed by atoms with Crippen LogP contribution in [-0.4, -0.2) is 44.3 Å². The van der Waals surface area contributed by atoms with Crippen LogP contribution < -0.4 is 0 Å². The smallest absolute Gasteiger partial charge is 0.0758 e. The molecule has 0 spiro atoms. The van der Waals surface area contributed by atoms with Gasteiger partial charge < -0.3 is 9.64 Å². The van der Waals surface area contributed by atoms with Crippen LogP contribution in [-0.2, 0) is 4.74 Å². The molecule has 0 aromatic heterocycles. The molecule has 0 amide bonds. The fraction of sp³-hybridized carbons (Fsp3) is 1.00. The molecular weight excluding hydrogens is 144 g/mol. The van der Waals surface area contributed by atoms with E-state index in [1.165, 1.54) is 0 Å². The maximum Gasteiger partial charge on any atom is 0.0758 e. The SMILES string of the molecule is CN1CCO[C@H](CN=[N+]=[N-])C1. The number of morpholine rings is 1. The van der Waals surface area contributed by atoms with Crippen molar-refractivity contribution in [1.29, 1.82) is 0 Å². The molecule has 0 aromatic carbocycles. The van der Waals surface area contributed by atoms with Crippen LogP contribution in [0.4, 0.5) is 0 Å². The maximum absolute atomic E-state index is 8.05. The zero-order chi connectivity index (χ0) is 8.10. The molecule has 1 atom stereocenters. The number of azide groups is 1. The van der Waals surface area contributed by atoms with Crippen molar-refractivity contribution in [2.75, 3.05) is 33.3 Å². The van der Waals surface area contributed by atoms with Crippen LogP contribution in [0.1, 0.15) is 0 Å². The number of ether oxygens (including phenoxy) is 1. The van der Waals surface area contributed by atoms with E-state index in [1.54, 1.807) is 0 Å². The number of nitrogens with zero attached hydrogens (tertiary/aromatic N) is 4. The molecule has 1 saturated heterocycles. The Balaban J connectivity index is 2.27. The van der Waals surface area contributed by atoms with Gasteiger partial charge in [-0.1, -0.05) is 5.11 Å². The van der Waals surface area contributed by atoms with Gasteiger partial charge in [-0.05, 0) is 12.6 Å². The minimum absolute atomic E-state index is 0.0876. The molecule has 5 nitrogen and oxygen atoms in total. The summed E-state index contributed by atoms with van der Waals surface area (Å²) in [4.78, 5) is 4.85. The topological polar surface area (TPSA) is 61.2 Å². The molecule has 0 unspecified atom stereocenters. The molecule has 0 saturated carbocycles. The Morgan fingerprint density at radius 1 is 1.82 bits per heavy atom. The molecule has 0 aliphatic carbocycles. The number of hydrogen-bond acceptors (Lipinski definition) is 3. The standard InChI is InChI=1S/C6H12N4O/c1-10-2-3-11-6(5-10)4-8-9-7/h6H,2-5H2,1H3/t6-/m1/s1. The molecule has 1 fully saturated rings. The summed E-state index contributed by atoms with van der Waals surface area (Å²) >= 11 is 0. The van der Waals surface area contributed by atoms with Crippen LogP contribution in [0.2, 0.25) is 0 Å². The van der Waals surface area contributed by atoms with Gasteiger partial charge in [-0.2, -0.15) is 0 Å². The van der Waals surface area contributed by atoms with Crippen LogP contribution >= 0.6 is 0 Å². The minimum atomic E-state index is 0.0876. The fourth-order valence-corrected chi connectivity index (χ4v) is 1.10. The summed E-state index contributed by atoms with van der Waals surface area (Å²) in [6.45, 7) is 3.01. The number of rotatable bonds is 2. The van der Waals surface area contributed by atoms with Gasteiger partial charge >= 0.3 is 0 Å². The minimum Gasteiger partial charge on any atom is -0.375 e. The average molecular weight is 156 g/mol. The first-order chi connectivity index (χ1) is 5.33. The predicted molar refractivity (Wildman–Crippen MR) is 41.3 cm³/mol. The highest BCUT2D eigenvalue weighted by molar-refractivity contribution is 4.70. The lowest BCUT2D eigenvalue weighted by atomic mass is 10.3. The van der Waals surface area contributed by atoms with E-state index in [0.717, 1.165) is 19.7 Å². The Hall–Kier alpha value is -0.770. The van der Waals surface area contributed by atoms with E-state index in [1.807, 2.05) is 7.05 Å². The van der Waals surface area contributed by atoms with Crippen molar-refractivity contribution in [3.8, 4) is 0 Å². The van der Waals surface area contributed by atoms with Crippen molar-refractivity contribution >= 4 is 0 Å². The Kier molecular flexibility index (Phi) is 3.16. The predicted octanol–water partition coefficient (Wildman–Crippen LogP) is 0.627. The zero-order valence-electron chi connectivity index (χ0n) is 6.60. The third kappa shape index (κ3) is 2.76. The Morgan fingerprint density at radius 3 is 3.27 bits per heavy atom. The summed E-state index contributed by atoms with van der Waals surface area (Å²) in [5.41, 5.74) is 8.05. The molecule has 62 valence electrons. The van der Waals surface area contributed by atoms with Crippen molar-refractivity contribution in [3.05, 3.63) is 10.4 Å². The van der Waals surface area contributed by atoms with E-state index < -0.39 is 0 Å². The van der Waals surface area contributed by atoms with Crippen molar-refractivity contribution in [2.24, 2.45) is 5.11 Å². The fourth-order valence-electron chi connectivity index (χ4n) is 1.10. The van der Waals surface area contributed by atoms with Gasteiger partial charge in [0.1, 0.15) is 0 Å². The second kappa shape index (κ2) is 4.18. The van der Waals surface area contributed by atoms with E-state index >= 15 is 0 Å². The first kappa shape index (κ1) is 8.33. The van der Waals surface area contributed by atoms with Crippen LogP contribution in [0.25, 0.3) is 10.4 Å². The number of hydrogen-bond donors (Lipinski definition) is 0. The van der Waals surface area contributed by atoms with Gasteiger partial charge in [0.05, 0.1) is 19.3 Å². The van der Waals surface area contributed by atoms with Crippen LogP contribution in [0.3, 0.4) is 0 Å². The third-order valence-electron chi connectivity index (χ3n) is 1.69. The molecule has 0 radical (unpaired) electrons. The zero-order valence-corrected chi connectivity index (χ0v) is 6.60. The van der Waals surface area contributed by atoms with Crippen LogP contribution in [0.5, 0.6) is 0 Å². The summed E-state index contributed by atoms with van der Waals surface area (Å²) in [5.74, 6) is 0. The lowest BCUT2D eigenvalue weighted by Gasteiger charge is -2.28. The summed E-state index contributed by atoms with van der Waals surface area (Å²) in [7, 11) is 2.03. The highest BCUT2D eigenvalue weighted by Gasteiger charge is 2.15. The van der Waals surface area contributed by atoms with Crippen LogP contribution in [0.15, 0.2) is 5.11 Å². The van der Waals surface area contributed by atoms with Gasteiger partial charge in [0.2, 0.25) is 0 Å². The molecule has 1 rings (SSSR count). The number of likely N-dealkylation sites (N-methyl/N-ethyl adjacent to an activating group) is 1. The second-order valence-corrected chi connectivity index (χ2v) is 2.67. The van der Waals surface area contributed by atoms with Gasteiger partial charge in [0.15, 0.2) is 0 Å². The van der Waals surface area contributed by atoms with Crippen molar-refractivity contribution in [3.63, 3.8) is 0 Å². The van der Waals surface area contributed by atoms with Crippen molar-refractivity contribution < 1.29 is 4.74 Å². The average Bonchev–Trinajstić information content (AvgIpc) is 2.01. The first-order valence-corrected chi connectivity index (χ1v) is 3.64. The summed E-state index contributed by atoms with van der Waals surface area (Å²) in [6, 6.07) is 0. The second-order valence-electron chi connectivity index (χ2n) is 2.67. The van der Waals surface area contributed by atoms with Gasteiger partial charge in [0.25, 0.3) is 0 Å². The largest absolute Gasteiger partial charge is 0.375 e. The van der Waals surface area contributed by atoms with E-state index in [0.29, 0.717) is 6.54 Å². The van der Waals surface area contributed by atoms with Gasteiger partial charge in [-0.3, -0.25) is 0 Å². The van der Waals surface area contributed by atoms with Gasteiger partial charge in [-0.25, -0.2) is 0 Å². The normalized spacial score (nSPS) is 26.1. The van der Waals surface area contributed by atoms with E-state index in [9.17, 15) is 0 Å². The molecule has 1 aliphatic heterocycles. The molecule has 11 heavy (non-hydrogen) atoms. The first-order valence-electron chi connectivity index (χ1n) is 3.64. The molecule has 0 aromatic rings. The monoisotopic (exact) mass is 156 g/mol. The van der Waals surface area contributed by atoms with Crippen molar-refractivity contribution in [1.82, 2.24) is 4.90 Å². The van der Waals surface area contributed by atoms with Crippen LogP contribution in [0, 0.1) is 0 Å². The third-order valence-corrected chi connectivity index (χ3v) is 1.69. The van der Waals surface area contributed by atoms with E-state index in [4.69, 9.17) is 10.3 Å². The molecule has 1 heterocycles. The maximum atomic E-state index is 8.05. The van der Waals surface area contributed by atoms with E-state index in [-0.39, 0.29) is 6.10 Å². The molecule has 0 bridgehead atoms. The molecule has 0 N–H and O–H groups in total. The lowest BCUT2D eigenvalue weighted by Crippen LogP contribution is -2.41. The quantitative estimate of drug-likeness (QED) is 0.334. The Morgan fingerprint density at radius 2 is 2.64 bits per heavy atom.